The zero-order chi connectivity index (χ0) is 10.9. The van der Waals surface area contributed by atoms with Crippen LogP contribution in [-0.2, 0) is 0 Å². The number of allylic oxidation sites excluding steroid dienone is 3. The van der Waals surface area contributed by atoms with Crippen molar-refractivity contribution in [2.24, 2.45) is 5.92 Å². The fraction of sp³-hybridized carbons (Fsp3) is 0.500. The van der Waals surface area contributed by atoms with Crippen LogP contribution < -0.4 is 0 Å². The third-order valence-corrected chi connectivity index (χ3v) is 2.77. The van der Waals surface area contributed by atoms with Crippen LogP contribution in [0.4, 0.5) is 17.6 Å². The Kier molecular flexibility index (Phi) is 3.36. The summed E-state index contributed by atoms with van der Waals surface area (Å²) in [4.78, 5) is 0. The topological polar surface area (TPSA) is 20.2 Å². The molecule has 0 aromatic carbocycles. The molecule has 1 nitrogen and oxygen atoms in total. The lowest BCUT2D eigenvalue weighted by Crippen LogP contribution is -2.41. The molecule has 0 aromatic rings. The minimum atomic E-state index is -2.87. The normalized spacial score (nSPS) is 33.3. The van der Waals surface area contributed by atoms with Gasteiger partial charge in [-0.05, 0) is 0 Å². The predicted octanol–water partition coefficient (Wildman–Crippen LogP) is 2.72. The number of hydrogen-bond donors (Lipinski definition) is 1. The van der Waals surface area contributed by atoms with Gasteiger partial charge in [0.15, 0.2) is 11.5 Å². The molecule has 0 aromatic heterocycles. The number of aliphatic hydroxyl groups excluding tert-OH is 1. The molecule has 0 aliphatic heterocycles. The lowest BCUT2D eigenvalue weighted by atomic mass is 9.85. The van der Waals surface area contributed by atoms with Crippen molar-refractivity contribution in [2.45, 2.75) is 5.67 Å². The van der Waals surface area contributed by atoms with Crippen molar-refractivity contribution in [1.29, 1.82) is 0 Å². The van der Waals surface area contributed by atoms with Crippen LogP contribution >= 0.6 is 15.9 Å². The fourth-order valence-electron chi connectivity index (χ4n) is 1.21. The van der Waals surface area contributed by atoms with Gasteiger partial charge >= 0.3 is 0 Å². The zero-order valence-corrected chi connectivity index (χ0v) is 8.49. The molecule has 14 heavy (non-hydrogen) atoms. The highest BCUT2D eigenvalue weighted by molar-refractivity contribution is 9.09. The van der Waals surface area contributed by atoms with Gasteiger partial charge in [-0.3, -0.25) is 0 Å². The number of halogens is 5. The van der Waals surface area contributed by atoms with Crippen LogP contribution in [-0.4, -0.2) is 22.7 Å². The van der Waals surface area contributed by atoms with Gasteiger partial charge in [0, 0.05) is 11.4 Å². The Labute approximate surface area is 86.2 Å². The highest BCUT2D eigenvalue weighted by atomic mass is 79.9. The number of hydrogen-bond acceptors (Lipinski definition) is 1. The molecule has 0 spiro atoms. The van der Waals surface area contributed by atoms with Crippen LogP contribution in [0.2, 0.25) is 0 Å². The van der Waals surface area contributed by atoms with Gasteiger partial charge in [0.1, 0.15) is 11.7 Å². The molecule has 80 valence electrons. The lowest BCUT2D eigenvalue weighted by Gasteiger charge is -2.31. The van der Waals surface area contributed by atoms with E-state index in [4.69, 9.17) is 5.11 Å². The summed E-state index contributed by atoms with van der Waals surface area (Å²) in [5, 5.41) is 8.32. The molecule has 0 amide bonds. The summed E-state index contributed by atoms with van der Waals surface area (Å²) in [5.41, 5.74) is -2.87. The van der Waals surface area contributed by atoms with Crippen molar-refractivity contribution in [3.63, 3.8) is 0 Å². The molecule has 0 radical (unpaired) electrons. The minimum Gasteiger partial charge on any atom is -0.393 e. The monoisotopic (exact) mass is 274 g/mol. The molecule has 0 heterocycles. The fourth-order valence-corrected chi connectivity index (χ4v) is 2.01. The molecule has 2 atom stereocenters. The molecule has 6 heteroatoms. The van der Waals surface area contributed by atoms with Gasteiger partial charge in [0.25, 0.3) is 0 Å². The van der Waals surface area contributed by atoms with E-state index in [2.05, 4.69) is 15.9 Å². The summed E-state index contributed by atoms with van der Waals surface area (Å²) in [7, 11) is 0. The molecule has 1 rings (SSSR count). The first kappa shape index (κ1) is 11.7. The molecule has 0 saturated heterocycles. The van der Waals surface area contributed by atoms with Crippen molar-refractivity contribution in [3.05, 3.63) is 23.6 Å². The second-order valence-electron chi connectivity index (χ2n) is 2.92. The van der Waals surface area contributed by atoms with Gasteiger partial charge in [0.2, 0.25) is 0 Å². The van der Waals surface area contributed by atoms with E-state index in [-0.39, 0.29) is 11.4 Å². The summed E-state index contributed by atoms with van der Waals surface area (Å²) in [6, 6.07) is 0. The van der Waals surface area contributed by atoms with E-state index in [1.807, 2.05) is 0 Å². The maximum atomic E-state index is 13.6. The smallest absolute Gasteiger partial charge is 0.194 e. The largest absolute Gasteiger partial charge is 0.393 e. The van der Waals surface area contributed by atoms with E-state index >= 15 is 0 Å². The van der Waals surface area contributed by atoms with Crippen molar-refractivity contribution in [2.75, 3.05) is 11.9 Å². The first-order valence-corrected chi connectivity index (χ1v) is 4.88. The van der Waals surface area contributed by atoms with Gasteiger partial charge in [-0.2, -0.15) is 0 Å². The van der Waals surface area contributed by atoms with E-state index < -0.39 is 35.7 Å². The first-order chi connectivity index (χ1) is 6.47. The average molecular weight is 275 g/mol. The molecule has 2 unspecified atom stereocenters. The molecule has 1 N–H and O–H groups in total. The molecule has 0 bridgehead atoms. The van der Waals surface area contributed by atoms with E-state index in [1.165, 1.54) is 0 Å². The molecular weight excluding hydrogens is 268 g/mol. The Morgan fingerprint density at radius 3 is 2.43 bits per heavy atom. The van der Waals surface area contributed by atoms with Gasteiger partial charge in [-0.15, -0.1) is 0 Å². The minimum absolute atomic E-state index is 0.116. The molecule has 1 aliphatic carbocycles. The quantitative estimate of drug-likeness (QED) is 0.607. The van der Waals surface area contributed by atoms with Crippen LogP contribution in [0.25, 0.3) is 0 Å². The summed E-state index contributed by atoms with van der Waals surface area (Å²) in [6.45, 7) is -1.23. The highest BCUT2D eigenvalue weighted by Crippen LogP contribution is 2.43. The third kappa shape index (κ3) is 1.61. The maximum Gasteiger partial charge on any atom is 0.194 e. The molecular formula is C8H7BrF4O. The second-order valence-corrected chi connectivity index (χ2v) is 3.56. The van der Waals surface area contributed by atoms with Gasteiger partial charge in [-0.25, -0.2) is 17.6 Å². The SMILES string of the molecule is OCC1(F)C(F)=CC(F)=C(F)C1CBr. The van der Waals surface area contributed by atoms with Crippen molar-refractivity contribution >= 4 is 15.9 Å². The number of aliphatic hydroxyl groups is 1. The Balaban J connectivity index is 3.19. The van der Waals surface area contributed by atoms with E-state index in [1.54, 1.807) is 0 Å². The summed E-state index contributed by atoms with van der Waals surface area (Å²) >= 11 is 2.74. The summed E-state index contributed by atoms with van der Waals surface area (Å²) in [5.74, 6) is -5.99. The van der Waals surface area contributed by atoms with Crippen LogP contribution in [0, 0.1) is 5.92 Å². The van der Waals surface area contributed by atoms with Gasteiger partial charge in [0.05, 0.1) is 12.5 Å². The first-order valence-electron chi connectivity index (χ1n) is 3.76. The summed E-state index contributed by atoms with van der Waals surface area (Å²) in [6.07, 6.45) is 0.116. The third-order valence-electron chi connectivity index (χ3n) is 2.12. The second kappa shape index (κ2) is 4.02. The van der Waals surface area contributed by atoms with Crippen LogP contribution in [0.15, 0.2) is 23.6 Å². The van der Waals surface area contributed by atoms with Crippen LogP contribution in [0.3, 0.4) is 0 Å². The predicted molar refractivity (Wildman–Crippen MR) is 46.6 cm³/mol. The Hall–Kier alpha value is -0.360. The Morgan fingerprint density at radius 2 is 2.00 bits per heavy atom. The van der Waals surface area contributed by atoms with Gasteiger partial charge < -0.3 is 5.11 Å². The molecule has 0 saturated carbocycles. The highest BCUT2D eigenvalue weighted by Gasteiger charge is 2.48. The lowest BCUT2D eigenvalue weighted by molar-refractivity contribution is 0.0380. The number of rotatable bonds is 2. The zero-order valence-electron chi connectivity index (χ0n) is 6.91. The molecule has 0 fully saturated rings. The van der Waals surface area contributed by atoms with E-state index in [0.29, 0.717) is 0 Å². The average Bonchev–Trinajstić information content (AvgIpc) is 2.16. The standard InChI is InChI=1S/C8H7BrF4O/c9-2-4-7(12)5(10)1-6(11)8(4,13)3-14/h1,4,14H,2-3H2. The van der Waals surface area contributed by atoms with Crippen molar-refractivity contribution < 1.29 is 22.7 Å². The van der Waals surface area contributed by atoms with Crippen molar-refractivity contribution in [1.82, 2.24) is 0 Å². The Morgan fingerprint density at radius 1 is 1.43 bits per heavy atom. The molecule has 1 aliphatic rings. The van der Waals surface area contributed by atoms with E-state index in [9.17, 15) is 17.6 Å². The summed E-state index contributed by atoms with van der Waals surface area (Å²) < 4.78 is 52.3. The van der Waals surface area contributed by atoms with E-state index in [0.717, 1.165) is 0 Å². The van der Waals surface area contributed by atoms with Crippen LogP contribution in [0.5, 0.6) is 0 Å². The Bertz CT molecular complexity index is 302. The number of alkyl halides is 2. The van der Waals surface area contributed by atoms with Gasteiger partial charge in [-0.1, -0.05) is 15.9 Å². The van der Waals surface area contributed by atoms with Crippen molar-refractivity contribution in [3.8, 4) is 0 Å². The van der Waals surface area contributed by atoms with Crippen LogP contribution in [0.1, 0.15) is 0 Å². The maximum absolute atomic E-state index is 13.6.